The van der Waals surface area contributed by atoms with Crippen molar-refractivity contribution in [1.29, 1.82) is 0 Å². The Labute approximate surface area is 359 Å². The van der Waals surface area contributed by atoms with Crippen LogP contribution in [0.25, 0.3) is 44.4 Å². The molecule has 0 radical (unpaired) electrons. The Kier molecular flexibility index (Phi) is 11.7. The molecule has 0 amide bonds. The van der Waals surface area contributed by atoms with Gasteiger partial charge in [-0.3, -0.25) is 4.68 Å². The second-order valence-corrected chi connectivity index (χ2v) is 14.3. The molecular formula is C51H42N4O3Pt. The summed E-state index contributed by atoms with van der Waals surface area (Å²) >= 11 is 0. The predicted octanol–water partition coefficient (Wildman–Crippen LogP) is 13.2. The van der Waals surface area contributed by atoms with Gasteiger partial charge in [-0.15, -0.1) is 35.7 Å². The van der Waals surface area contributed by atoms with Gasteiger partial charge in [0, 0.05) is 28.8 Å². The molecule has 0 saturated carbocycles. The molecule has 3 heterocycles. The van der Waals surface area contributed by atoms with E-state index >= 15 is 0 Å². The molecule has 9 aromatic rings. The third kappa shape index (κ3) is 8.04. The van der Waals surface area contributed by atoms with Gasteiger partial charge in [0.1, 0.15) is 28.8 Å². The van der Waals surface area contributed by atoms with Crippen molar-refractivity contribution in [2.24, 2.45) is 0 Å². The zero-order valence-electron chi connectivity index (χ0n) is 33.1. The topological polar surface area (TPSA) is 63.3 Å². The molecule has 7 nitrogen and oxygen atoms in total. The maximum absolute atomic E-state index is 6.65. The minimum Gasteiger partial charge on any atom is -0.509 e. The number of fused-ring (bicyclic) bond motifs is 3. The molecule has 59 heavy (non-hydrogen) atoms. The van der Waals surface area contributed by atoms with Crippen LogP contribution >= 0.6 is 0 Å². The number of para-hydroxylation sites is 3. The van der Waals surface area contributed by atoms with Crippen LogP contribution in [0.5, 0.6) is 34.5 Å². The molecule has 6 aromatic carbocycles. The van der Waals surface area contributed by atoms with E-state index in [-0.39, 0.29) is 21.1 Å². The first-order chi connectivity index (χ1) is 28.6. The normalized spacial score (nSPS) is 11.1. The molecule has 9 rings (SSSR count). The molecule has 0 bridgehead atoms. The van der Waals surface area contributed by atoms with Gasteiger partial charge in [-0.05, 0) is 91.0 Å². The third-order valence-corrected chi connectivity index (χ3v) is 10.1. The van der Waals surface area contributed by atoms with Crippen LogP contribution in [-0.2, 0) is 33.9 Å². The number of ether oxygens (including phenoxy) is 3. The van der Waals surface area contributed by atoms with Crippen molar-refractivity contribution in [3.8, 4) is 57.1 Å². The monoisotopic (exact) mass is 953 g/mol. The van der Waals surface area contributed by atoms with Crippen LogP contribution in [0.3, 0.4) is 0 Å². The molecule has 0 aliphatic carbocycles. The first-order valence-electron chi connectivity index (χ1n) is 19.9. The maximum Gasteiger partial charge on any atom is 2.00 e. The van der Waals surface area contributed by atoms with Crippen LogP contribution in [-0.4, -0.2) is 19.3 Å². The zero-order valence-corrected chi connectivity index (χ0v) is 35.4. The first-order valence-corrected chi connectivity index (χ1v) is 19.9. The molecule has 8 heteroatoms. The van der Waals surface area contributed by atoms with Crippen molar-refractivity contribution in [3.63, 3.8) is 0 Å². The summed E-state index contributed by atoms with van der Waals surface area (Å²) in [5, 5.41) is 7.54. The summed E-state index contributed by atoms with van der Waals surface area (Å²) < 4.78 is 24.0. The Morgan fingerprint density at radius 2 is 1.25 bits per heavy atom. The van der Waals surface area contributed by atoms with Crippen LogP contribution in [0, 0.1) is 19.1 Å². The Hall–Kier alpha value is -6.43. The van der Waals surface area contributed by atoms with Crippen LogP contribution in [0.15, 0.2) is 152 Å². The van der Waals surface area contributed by atoms with Gasteiger partial charge < -0.3 is 18.8 Å². The van der Waals surface area contributed by atoms with Crippen molar-refractivity contribution < 1.29 is 35.3 Å². The summed E-state index contributed by atoms with van der Waals surface area (Å²) in [6.07, 6.45) is 5.18. The van der Waals surface area contributed by atoms with Gasteiger partial charge in [-0.1, -0.05) is 92.9 Å². The molecule has 3 aromatic heterocycles. The Bertz CT molecular complexity index is 2810. The van der Waals surface area contributed by atoms with E-state index in [1.54, 1.807) is 0 Å². The van der Waals surface area contributed by atoms with Crippen molar-refractivity contribution in [2.75, 3.05) is 0 Å². The van der Waals surface area contributed by atoms with Gasteiger partial charge in [-0.25, -0.2) is 4.98 Å². The van der Waals surface area contributed by atoms with Crippen LogP contribution in [0.2, 0.25) is 0 Å². The van der Waals surface area contributed by atoms with Crippen molar-refractivity contribution >= 4 is 21.8 Å². The SMILES string of the molecule is CCCc1nn(-c2[c-]c(Oc3[c-]c4c(cc3)c3ccccc3n4-c3cc(C)ccn3)ccc2)c(CCC)c1-c1c(Oc2ccccc2)cccc1Oc1ccccc1.[Pt+2]. The molecule has 294 valence electrons. The van der Waals surface area contributed by atoms with E-state index in [2.05, 4.69) is 73.9 Å². The average molecular weight is 954 g/mol. The molecule has 0 saturated heterocycles. The van der Waals surface area contributed by atoms with E-state index in [9.17, 15) is 0 Å². The fraction of sp³-hybridized carbons (Fsp3) is 0.137. The Balaban J connectivity index is 0.00000484. The van der Waals surface area contributed by atoms with Gasteiger partial charge in [-0.2, -0.15) is 17.2 Å². The summed E-state index contributed by atoms with van der Waals surface area (Å²) in [5.74, 6) is 4.84. The standard InChI is InChI=1S/C51H42N4O3.Pt/c1-4-16-43-50(51-47(57-37-19-8-6-9-20-37)26-15-27-48(51)58-38-21-10-7-11-22-38)45(17-5-2)55(53-43)36-18-14-23-39(33-36)56-40-28-29-42-41-24-12-13-25-44(41)54(46(42)34-40)49-32-35(3)30-31-52-49;/h6-15,18-32H,4-5,16-17H2,1-3H3;/q-2;+2. The summed E-state index contributed by atoms with van der Waals surface area (Å²) in [4.78, 5) is 4.73. The van der Waals surface area contributed by atoms with Crippen LogP contribution in [0.4, 0.5) is 0 Å². The first kappa shape index (κ1) is 39.4. The molecule has 0 spiro atoms. The molecule has 0 unspecified atom stereocenters. The second kappa shape index (κ2) is 17.6. The number of hydrogen-bond acceptors (Lipinski definition) is 5. The Morgan fingerprint density at radius 3 is 1.95 bits per heavy atom. The molecule has 0 aliphatic heterocycles. The fourth-order valence-corrected chi connectivity index (χ4v) is 7.58. The van der Waals surface area contributed by atoms with Crippen molar-refractivity contribution in [3.05, 3.63) is 181 Å². The number of rotatable bonds is 13. The smallest absolute Gasteiger partial charge is 0.509 e. The summed E-state index contributed by atoms with van der Waals surface area (Å²) in [5.41, 5.74) is 7.74. The number of aromatic nitrogens is 4. The quantitative estimate of drug-likeness (QED) is 0.108. The van der Waals surface area contributed by atoms with Gasteiger partial charge in [0.25, 0.3) is 0 Å². The molecule has 0 aliphatic rings. The minimum absolute atomic E-state index is 0. The molecule has 0 atom stereocenters. The largest absolute Gasteiger partial charge is 2.00 e. The molecule has 0 fully saturated rings. The molecule has 0 N–H and O–H groups in total. The number of nitrogens with zero attached hydrogens (tertiary/aromatic N) is 4. The Morgan fingerprint density at radius 1 is 0.593 bits per heavy atom. The van der Waals surface area contributed by atoms with Gasteiger partial charge >= 0.3 is 21.1 Å². The van der Waals surface area contributed by atoms with Gasteiger partial charge in [0.05, 0.1) is 17.0 Å². The van der Waals surface area contributed by atoms with Gasteiger partial charge in [0.2, 0.25) is 0 Å². The summed E-state index contributed by atoms with van der Waals surface area (Å²) in [6, 6.07) is 55.3. The maximum atomic E-state index is 6.65. The minimum atomic E-state index is 0. The summed E-state index contributed by atoms with van der Waals surface area (Å²) in [6.45, 7) is 6.45. The fourth-order valence-electron chi connectivity index (χ4n) is 7.58. The second-order valence-electron chi connectivity index (χ2n) is 14.3. The van der Waals surface area contributed by atoms with E-state index in [0.29, 0.717) is 23.0 Å². The predicted molar refractivity (Wildman–Crippen MR) is 231 cm³/mol. The van der Waals surface area contributed by atoms with E-state index in [1.165, 1.54) is 0 Å². The van der Waals surface area contributed by atoms with Crippen LogP contribution < -0.4 is 14.2 Å². The van der Waals surface area contributed by atoms with Gasteiger partial charge in [0.15, 0.2) is 0 Å². The summed E-state index contributed by atoms with van der Waals surface area (Å²) in [7, 11) is 0. The molecular weight excluding hydrogens is 912 g/mol. The van der Waals surface area contributed by atoms with Crippen LogP contribution in [0.1, 0.15) is 43.6 Å². The third-order valence-electron chi connectivity index (χ3n) is 10.1. The van der Waals surface area contributed by atoms with E-state index in [1.807, 2.05) is 120 Å². The number of pyridine rings is 1. The number of aryl methyl sites for hydroxylation is 2. The van der Waals surface area contributed by atoms with Crippen molar-refractivity contribution in [2.45, 2.75) is 46.5 Å². The average Bonchev–Trinajstić information content (AvgIpc) is 3.77. The zero-order chi connectivity index (χ0) is 39.4. The number of benzene rings is 6. The van der Waals surface area contributed by atoms with E-state index in [0.717, 1.165) is 98.6 Å². The van der Waals surface area contributed by atoms with Crippen molar-refractivity contribution in [1.82, 2.24) is 19.3 Å². The van der Waals surface area contributed by atoms with E-state index < -0.39 is 0 Å². The van der Waals surface area contributed by atoms with E-state index in [4.69, 9.17) is 24.3 Å². The number of hydrogen-bond donors (Lipinski definition) is 0.